The molecule has 0 radical (unpaired) electrons. The van der Waals surface area contributed by atoms with E-state index in [4.69, 9.17) is 21.1 Å². The first-order chi connectivity index (χ1) is 18.8. The SMILES string of the molecule is COc1ccc(S(=O)(=O)N(CC(=O)N/N=C\c2ccc(OCc3ccc(Cl)cc3)cc2)c2ccccc2)cc1. The third kappa shape index (κ3) is 7.59. The number of rotatable bonds is 11. The highest BCUT2D eigenvalue weighted by Crippen LogP contribution is 2.25. The van der Waals surface area contributed by atoms with Crippen LogP contribution in [0.1, 0.15) is 11.1 Å². The van der Waals surface area contributed by atoms with Crippen LogP contribution >= 0.6 is 11.6 Å². The molecule has 0 spiro atoms. The first-order valence-electron chi connectivity index (χ1n) is 11.9. The Kier molecular flexibility index (Phi) is 9.19. The van der Waals surface area contributed by atoms with E-state index in [0.717, 1.165) is 15.4 Å². The fraction of sp³-hybridized carbons (Fsp3) is 0.103. The van der Waals surface area contributed by atoms with E-state index in [1.807, 2.05) is 24.3 Å². The molecule has 1 N–H and O–H groups in total. The number of sulfonamides is 1. The molecule has 0 fully saturated rings. The van der Waals surface area contributed by atoms with Crippen molar-refractivity contribution in [3.63, 3.8) is 0 Å². The molecule has 0 aliphatic rings. The molecular formula is C29H26ClN3O5S. The molecule has 0 aromatic heterocycles. The Labute approximate surface area is 232 Å². The predicted molar refractivity (Wildman–Crippen MR) is 152 cm³/mol. The predicted octanol–water partition coefficient (Wildman–Crippen LogP) is 5.27. The number of nitrogens with zero attached hydrogens (tertiary/aromatic N) is 2. The zero-order valence-corrected chi connectivity index (χ0v) is 22.6. The van der Waals surface area contributed by atoms with Gasteiger partial charge in [0.2, 0.25) is 0 Å². The van der Waals surface area contributed by atoms with Crippen molar-refractivity contribution >= 4 is 39.4 Å². The van der Waals surface area contributed by atoms with Gasteiger partial charge in [-0.1, -0.05) is 41.9 Å². The van der Waals surface area contributed by atoms with Gasteiger partial charge >= 0.3 is 0 Å². The van der Waals surface area contributed by atoms with Gasteiger partial charge in [-0.25, -0.2) is 13.8 Å². The average molecular weight is 564 g/mol. The smallest absolute Gasteiger partial charge is 0.264 e. The highest BCUT2D eigenvalue weighted by Gasteiger charge is 2.27. The van der Waals surface area contributed by atoms with E-state index in [-0.39, 0.29) is 4.90 Å². The third-order valence-corrected chi connectivity index (χ3v) is 7.62. The topological polar surface area (TPSA) is 97.3 Å². The number of anilines is 1. The van der Waals surface area contributed by atoms with Crippen molar-refractivity contribution in [2.24, 2.45) is 5.10 Å². The summed E-state index contributed by atoms with van der Waals surface area (Å²) in [6, 6.07) is 28.9. The van der Waals surface area contributed by atoms with Crippen molar-refractivity contribution in [3.8, 4) is 11.5 Å². The van der Waals surface area contributed by atoms with Gasteiger partial charge in [0.1, 0.15) is 24.7 Å². The average Bonchev–Trinajstić information content (AvgIpc) is 2.96. The number of hydrogen-bond acceptors (Lipinski definition) is 6. The number of benzene rings is 4. The first kappa shape index (κ1) is 27.7. The number of para-hydroxylation sites is 1. The van der Waals surface area contributed by atoms with Crippen molar-refractivity contribution in [1.82, 2.24) is 5.43 Å². The van der Waals surface area contributed by atoms with Crippen LogP contribution in [-0.2, 0) is 21.4 Å². The van der Waals surface area contributed by atoms with Gasteiger partial charge < -0.3 is 9.47 Å². The summed E-state index contributed by atoms with van der Waals surface area (Å²) in [5.74, 6) is 0.594. The van der Waals surface area contributed by atoms with E-state index in [9.17, 15) is 13.2 Å². The highest BCUT2D eigenvalue weighted by molar-refractivity contribution is 7.92. The molecule has 4 aromatic carbocycles. The fourth-order valence-corrected chi connectivity index (χ4v) is 5.07. The van der Waals surface area contributed by atoms with Gasteiger partial charge in [0.25, 0.3) is 15.9 Å². The van der Waals surface area contributed by atoms with Gasteiger partial charge in [-0.2, -0.15) is 5.10 Å². The molecule has 8 nitrogen and oxygen atoms in total. The Morgan fingerprint density at radius 1 is 0.897 bits per heavy atom. The van der Waals surface area contributed by atoms with Crippen LogP contribution in [0.5, 0.6) is 11.5 Å². The molecule has 0 unspecified atom stereocenters. The number of carbonyl (C=O) groups excluding carboxylic acids is 1. The Hall–Kier alpha value is -4.34. The third-order valence-electron chi connectivity index (χ3n) is 5.58. The van der Waals surface area contributed by atoms with Gasteiger partial charge in [0.05, 0.1) is 23.9 Å². The Morgan fingerprint density at radius 3 is 2.18 bits per heavy atom. The van der Waals surface area contributed by atoms with Crippen LogP contribution in [-0.4, -0.2) is 34.2 Å². The summed E-state index contributed by atoms with van der Waals surface area (Å²) in [6.45, 7) is -0.0643. The Balaban J connectivity index is 1.38. The minimum absolute atomic E-state index is 0.0295. The van der Waals surface area contributed by atoms with E-state index >= 15 is 0 Å². The first-order valence-corrected chi connectivity index (χ1v) is 13.7. The lowest BCUT2D eigenvalue weighted by Crippen LogP contribution is -2.39. The summed E-state index contributed by atoms with van der Waals surface area (Å²) in [7, 11) is -2.54. The Bertz CT molecular complexity index is 1510. The maximum absolute atomic E-state index is 13.4. The summed E-state index contributed by atoms with van der Waals surface area (Å²) in [4.78, 5) is 12.7. The van der Waals surface area contributed by atoms with Crippen molar-refractivity contribution in [3.05, 3.63) is 119 Å². The molecule has 0 heterocycles. The molecule has 0 aliphatic heterocycles. The lowest BCUT2D eigenvalue weighted by atomic mass is 10.2. The monoisotopic (exact) mass is 563 g/mol. The highest BCUT2D eigenvalue weighted by atomic mass is 35.5. The Morgan fingerprint density at radius 2 is 1.54 bits per heavy atom. The van der Waals surface area contributed by atoms with E-state index in [0.29, 0.717) is 28.8 Å². The van der Waals surface area contributed by atoms with Crippen LogP contribution in [0.15, 0.2) is 113 Å². The molecule has 4 aromatic rings. The van der Waals surface area contributed by atoms with Gasteiger partial charge in [-0.15, -0.1) is 0 Å². The van der Waals surface area contributed by atoms with E-state index in [1.54, 1.807) is 66.7 Å². The summed E-state index contributed by atoms with van der Waals surface area (Å²) >= 11 is 5.90. The zero-order valence-electron chi connectivity index (χ0n) is 21.0. The minimum atomic E-state index is -4.04. The maximum atomic E-state index is 13.4. The van der Waals surface area contributed by atoms with Crippen LogP contribution in [0.3, 0.4) is 0 Å². The minimum Gasteiger partial charge on any atom is -0.497 e. The number of halogens is 1. The second-order valence-electron chi connectivity index (χ2n) is 8.30. The van der Waals surface area contributed by atoms with Crippen molar-refractivity contribution in [2.45, 2.75) is 11.5 Å². The fourth-order valence-electron chi connectivity index (χ4n) is 3.53. The zero-order chi connectivity index (χ0) is 27.7. The van der Waals surface area contributed by atoms with E-state index in [2.05, 4.69) is 10.5 Å². The number of ether oxygens (including phenoxy) is 2. The molecule has 4 rings (SSSR count). The molecule has 0 saturated carbocycles. The molecule has 0 bridgehead atoms. The normalized spacial score (nSPS) is 11.2. The second kappa shape index (κ2) is 12.9. The molecule has 1 amide bonds. The van der Waals surface area contributed by atoms with E-state index < -0.39 is 22.5 Å². The van der Waals surface area contributed by atoms with Gasteiger partial charge in [0.15, 0.2) is 0 Å². The summed E-state index contributed by atoms with van der Waals surface area (Å²) in [6.07, 6.45) is 1.46. The standard InChI is InChI=1S/C29H26ClN3O5S/c1-37-26-15-17-28(18-16-26)39(35,36)33(25-5-3-2-4-6-25)20-29(34)32-31-19-22-9-13-27(14-10-22)38-21-23-7-11-24(30)12-8-23/h2-19H,20-21H2,1H3,(H,32,34)/b31-19-. The summed E-state index contributed by atoms with van der Waals surface area (Å²) < 4.78 is 38.7. The number of hydrazone groups is 1. The number of nitrogens with one attached hydrogen (secondary N) is 1. The number of methoxy groups -OCH3 is 1. The quantitative estimate of drug-likeness (QED) is 0.198. The molecule has 0 aliphatic carbocycles. The molecule has 0 saturated heterocycles. The molecule has 200 valence electrons. The van der Waals surface area contributed by atoms with Crippen LogP contribution in [0, 0.1) is 0 Å². The number of carbonyl (C=O) groups is 1. The maximum Gasteiger partial charge on any atom is 0.264 e. The summed E-state index contributed by atoms with van der Waals surface area (Å²) in [5.41, 5.74) is 4.46. The molecule has 0 atom stereocenters. The van der Waals surface area contributed by atoms with Crippen LogP contribution in [0.4, 0.5) is 5.69 Å². The molecule has 10 heteroatoms. The van der Waals surface area contributed by atoms with Crippen LogP contribution < -0.4 is 19.2 Å². The van der Waals surface area contributed by atoms with Crippen molar-refractivity contribution < 1.29 is 22.7 Å². The molecular weight excluding hydrogens is 538 g/mol. The molecule has 39 heavy (non-hydrogen) atoms. The number of hydrogen-bond donors (Lipinski definition) is 1. The largest absolute Gasteiger partial charge is 0.497 e. The van der Waals surface area contributed by atoms with Crippen molar-refractivity contribution in [2.75, 3.05) is 18.0 Å². The van der Waals surface area contributed by atoms with Crippen molar-refractivity contribution in [1.29, 1.82) is 0 Å². The number of amides is 1. The van der Waals surface area contributed by atoms with Gasteiger partial charge in [0, 0.05) is 5.02 Å². The summed E-state index contributed by atoms with van der Waals surface area (Å²) in [5, 5.41) is 4.65. The second-order valence-corrected chi connectivity index (χ2v) is 10.6. The van der Waals surface area contributed by atoms with Gasteiger partial charge in [-0.3, -0.25) is 9.10 Å². The van der Waals surface area contributed by atoms with Gasteiger partial charge in [-0.05, 0) is 83.9 Å². The van der Waals surface area contributed by atoms with E-state index in [1.165, 1.54) is 25.5 Å². The van der Waals surface area contributed by atoms with Crippen LogP contribution in [0.25, 0.3) is 0 Å². The lowest BCUT2D eigenvalue weighted by molar-refractivity contribution is -0.119. The van der Waals surface area contributed by atoms with Crippen LogP contribution in [0.2, 0.25) is 5.02 Å². The lowest BCUT2D eigenvalue weighted by Gasteiger charge is -2.23.